The van der Waals surface area contributed by atoms with E-state index < -0.39 is 75.2 Å². The van der Waals surface area contributed by atoms with Crippen LogP contribution in [0.3, 0.4) is 0 Å². The zero-order valence-electron chi connectivity index (χ0n) is 31.3. The van der Waals surface area contributed by atoms with Crippen molar-refractivity contribution in [3.05, 3.63) is 12.2 Å². The molecule has 51 heavy (non-hydrogen) atoms. The molecule has 8 unspecified atom stereocenters. The summed E-state index contributed by atoms with van der Waals surface area (Å²) in [7, 11) is -5.12. The van der Waals surface area contributed by atoms with Crippen molar-refractivity contribution >= 4 is 13.7 Å². The van der Waals surface area contributed by atoms with Gasteiger partial charge in [-0.25, -0.2) is 4.57 Å². The van der Waals surface area contributed by atoms with Crippen LogP contribution in [-0.2, 0) is 18.4 Å². The van der Waals surface area contributed by atoms with Crippen molar-refractivity contribution in [3.8, 4) is 0 Å². The first kappa shape index (κ1) is 48.1. The fraction of sp³-hybridized carbons (Fsp3) is 0.919. The number of phosphoric ester groups is 1. The van der Waals surface area contributed by atoms with Gasteiger partial charge in [0.1, 0.15) is 36.6 Å². The number of nitrogens with one attached hydrogen (secondary N) is 1. The molecule has 0 aromatic rings. The number of amides is 1. The first-order valence-corrected chi connectivity index (χ1v) is 21.2. The standard InChI is InChI=1S/C37H72NO12P/c1-3-5-7-9-11-12-13-14-15-16-17-19-21-23-25-30(40)29(38-31(41)26-28(39)24-22-20-18-10-8-6-4-2)27-49-51(47,48)50-37-35(45)33(43)32(42)34(44)36(37)46/h23,25,28-30,32-37,39-40,42-46H,3-22,24,26-27H2,1-2H3,(H,38,41)(H,47,48)/b25-23+. The molecule has 0 radical (unpaired) electrons. The molecular formula is C37H72NO12P. The maximum Gasteiger partial charge on any atom is 0.472 e. The van der Waals surface area contributed by atoms with Crippen molar-refractivity contribution in [2.75, 3.05) is 6.61 Å². The number of allylic oxidation sites excluding steroid dienone is 1. The van der Waals surface area contributed by atoms with E-state index in [2.05, 4.69) is 19.2 Å². The molecule has 8 atom stereocenters. The van der Waals surface area contributed by atoms with E-state index in [9.17, 15) is 50.0 Å². The van der Waals surface area contributed by atoms with Gasteiger partial charge in [-0.2, -0.15) is 0 Å². The highest BCUT2D eigenvalue weighted by atomic mass is 31.2. The van der Waals surface area contributed by atoms with Gasteiger partial charge in [-0.15, -0.1) is 0 Å². The molecule has 1 saturated carbocycles. The summed E-state index contributed by atoms with van der Waals surface area (Å²) in [6.45, 7) is 3.65. The molecule has 1 aliphatic carbocycles. The number of hydrogen-bond acceptors (Lipinski definition) is 11. The largest absolute Gasteiger partial charge is 0.472 e. The van der Waals surface area contributed by atoms with Crippen LogP contribution in [0.15, 0.2) is 12.2 Å². The Morgan fingerprint density at radius 3 is 1.61 bits per heavy atom. The van der Waals surface area contributed by atoms with Crippen LogP contribution in [0.1, 0.15) is 155 Å². The van der Waals surface area contributed by atoms with Crippen LogP contribution >= 0.6 is 7.82 Å². The number of rotatable bonds is 31. The fourth-order valence-electron chi connectivity index (χ4n) is 6.30. The second kappa shape index (κ2) is 28.5. The van der Waals surface area contributed by atoms with E-state index in [0.717, 1.165) is 44.9 Å². The number of hydrogen-bond donors (Lipinski definition) is 9. The number of aliphatic hydroxyl groups is 7. The molecule has 1 amide bonds. The molecule has 0 heterocycles. The summed E-state index contributed by atoms with van der Waals surface area (Å²) in [5.74, 6) is -0.598. The average molecular weight is 754 g/mol. The summed E-state index contributed by atoms with van der Waals surface area (Å²) in [5.41, 5.74) is 0. The summed E-state index contributed by atoms with van der Waals surface area (Å²) in [4.78, 5) is 23.2. The van der Waals surface area contributed by atoms with Crippen molar-refractivity contribution in [1.29, 1.82) is 0 Å². The lowest BCUT2D eigenvalue weighted by atomic mass is 9.85. The van der Waals surface area contributed by atoms with E-state index in [-0.39, 0.29) is 6.42 Å². The maximum atomic E-state index is 12.8. The number of aliphatic hydroxyl groups excluding tert-OH is 7. The van der Waals surface area contributed by atoms with Crippen molar-refractivity contribution < 1.29 is 59.0 Å². The Labute approximate surface area is 306 Å². The predicted molar refractivity (Wildman–Crippen MR) is 197 cm³/mol. The second-order valence-electron chi connectivity index (χ2n) is 14.3. The number of phosphoric acid groups is 1. The molecule has 0 saturated heterocycles. The Bertz CT molecular complexity index is 943. The van der Waals surface area contributed by atoms with Gasteiger partial charge < -0.3 is 46.0 Å². The van der Waals surface area contributed by atoms with Crippen LogP contribution in [0.25, 0.3) is 0 Å². The van der Waals surface area contributed by atoms with Crippen molar-refractivity contribution in [2.24, 2.45) is 0 Å². The maximum absolute atomic E-state index is 12.8. The molecule has 9 N–H and O–H groups in total. The fourth-order valence-corrected chi connectivity index (χ4v) is 7.26. The molecule has 0 bridgehead atoms. The van der Waals surface area contributed by atoms with Crippen molar-refractivity contribution in [2.45, 2.75) is 210 Å². The van der Waals surface area contributed by atoms with Crippen LogP contribution in [-0.4, -0.2) is 108 Å². The third-order valence-corrected chi connectivity index (χ3v) is 10.6. The molecule has 13 nitrogen and oxygen atoms in total. The van der Waals surface area contributed by atoms with Gasteiger partial charge in [-0.3, -0.25) is 13.8 Å². The summed E-state index contributed by atoms with van der Waals surface area (Å²) < 4.78 is 22.7. The lowest BCUT2D eigenvalue weighted by Gasteiger charge is -2.41. The van der Waals surface area contributed by atoms with Crippen LogP contribution < -0.4 is 5.32 Å². The number of unbranched alkanes of at least 4 members (excludes halogenated alkanes) is 18. The molecular weight excluding hydrogens is 681 g/mol. The average Bonchev–Trinajstić information content (AvgIpc) is 3.09. The normalized spacial score (nSPS) is 25.5. The summed E-state index contributed by atoms with van der Waals surface area (Å²) in [5, 5.41) is 73.9. The quantitative estimate of drug-likeness (QED) is 0.0267. The van der Waals surface area contributed by atoms with E-state index in [4.69, 9.17) is 9.05 Å². The van der Waals surface area contributed by atoms with E-state index in [1.54, 1.807) is 6.08 Å². The Kier molecular flexibility index (Phi) is 26.8. The molecule has 0 aromatic carbocycles. The lowest BCUT2D eigenvalue weighted by molar-refractivity contribution is -0.220. The predicted octanol–water partition coefficient (Wildman–Crippen LogP) is 4.69. The molecule has 1 rings (SSSR count). The smallest absolute Gasteiger partial charge is 0.393 e. The van der Waals surface area contributed by atoms with Gasteiger partial charge in [-0.1, -0.05) is 142 Å². The van der Waals surface area contributed by atoms with Gasteiger partial charge >= 0.3 is 7.82 Å². The first-order valence-electron chi connectivity index (χ1n) is 19.7. The molecule has 14 heteroatoms. The summed E-state index contributed by atoms with van der Waals surface area (Å²) in [6.07, 6.45) is 12.0. The number of carbonyl (C=O) groups is 1. The van der Waals surface area contributed by atoms with Gasteiger partial charge in [0.05, 0.1) is 31.3 Å². The Morgan fingerprint density at radius 2 is 1.12 bits per heavy atom. The van der Waals surface area contributed by atoms with Gasteiger partial charge in [0.2, 0.25) is 5.91 Å². The monoisotopic (exact) mass is 753 g/mol. The van der Waals surface area contributed by atoms with Crippen molar-refractivity contribution in [1.82, 2.24) is 5.32 Å². The van der Waals surface area contributed by atoms with E-state index in [0.29, 0.717) is 12.8 Å². The highest BCUT2D eigenvalue weighted by Gasteiger charge is 2.51. The first-order chi connectivity index (χ1) is 24.3. The van der Waals surface area contributed by atoms with Gasteiger partial charge in [0.25, 0.3) is 0 Å². The SMILES string of the molecule is CCCCCCCCCCCCCC/C=C/C(O)C(COP(=O)(O)OC1C(O)C(O)C(O)C(O)C1O)NC(=O)CC(O)CCCCCCCCC. The lowest BCUT2D eigenvalue weighted by Crippen LogP contribution is -2.64. The Morgan fingerprint density at radius 1 is 0.686 bits per heavy atom. The van der Waals surface area contributed by atoms with Crippen LogP contribution in [0.2, 0.25) is 0 Å². The molecule has 0 spiro atoms. The topological polar surface area (TPSA) is 226 Å². The Balaban J connectivity index is 2.66. The van der Waals surface area contributed by atoms with Crippen LogP contribution in [0.4, 0.5) is 0 Å². The third-order valence-electron chi connectivity index (χ3n) is 9.62. The van der Waals surface area contributed by atoms with E-state index in [1.807, 2.05) is 0 Å². The second-order valence-corrected chi connectivity index (χ2v) is 15.7. The molecule has 0 aliphatic heterocycles. The van der Waals surface area contributed by atoms with Crippen LogP contribution in [0.5, 0.6) is 0 Å². The zero-order valence-corrected chi connectivity index (χ0v) is 32.2. The molecule has 0 aromatic heterocycles. The zero-order chi connectivity index (χ0) is 38.1. The minimum atomic E-state index is -5.12. The summed E-state index contributed by atoms with van der Waals surface area (Å²) in [6, 6.07) is -1.23. The van der Waals surface area contributed by atoms with Gasteiger partial charge in [0, 0.05) is 0 Å². The van der Waals surface area contributed by atoms with Gasteiger partial charge in [0.15, 0.2) is 0 Å². The minimum Gasteiger partial charge on any atom is -0.393 e. The van der Waals surface area contributed by atoms with Crippen LogP contribution in [0, 0.1) is 0 Å². The van der Waals surface area contributed by atoms with Gasteiger partial charge in [-0.05, 0) is 19.3 Å². The van der Waals surface area contributed by atoms with E-state index in [1.165, 1.54) is 83.1 Å². The number of carbonyl (C=O) groups excluding carboxylic acids is 1. The minimum absolute atomic E-state index is 0.243. The molecule has 302 valence electrons. The highest BCUT2D eigenvalue weighted by molar-refractivity contribution is 7.47. The van der Waals surface area contributed by atoms with Crippen molar-refractivity contribution in [3.63, 3.8) is 0 Å². The highest BCUT2D eigenvalue weighted by Crippen LogP contribution is 2.47. The Hall–Kier alpha value is -0.960. The third kappa shape index (κ3) is 21.5. The molecule has 1 aliphatic rings. The molecule has 1 fully saturated rings. The summed E-state index contributed by atoms with van der Waals surface area (Å²) >= 11 is 0. The van der Waals surface area contributed by atoms with E-state index >= 15 is 0 Å².